The van der Waals surface area contributed by atoms with Gasteiger partial charge < -0.3 is 9.53 Å². The van der Waals surface area contributed by atoms with Crippen LogP contribution < -0.4 is 0 Å². The van der Waals surface area contributed by atoms with Crippen LogP contribution in [0.3, 0.4) is 0 Å². The van der Waals surface area contributed by atoms with Gasteiger partial charge in [0, 0.05) is 0 Å². The van der Waals surface area contributed by atoms with Crippen molar-refractivity contribution in [1.82, 2.24) is 0 Å². The van der Waals surface area contributed by atoms with E-state index in [1.807, 2.05) is 12.1 Å². The highest BCUT2D eigenvalue weighted by Gasteiger charge is 2.27. The second-order valence-electron chi connectivity index (χ2n) is 5.53. The maximum atomic E-state index is 9.52. The van der Waals surface area contributed by atoms with E-state index in [0.717, 1.165) is 5.56 Å². The second kappa shape index (κ2) is 5.02. The summed E-state index contributed by atoms with van der Waals surface area (Å²) in [6, 6.07) is 7.38. The van der Waals surface area contributed by atoms with Crippen molar-refractivity contribution in [2.45, 2.75) is 40.0 Å². The van der Waals surface area contributed by atoms with Gasteiger partial charge in [0.05, 0.1) is 6.10 Å². The minimum absolute atomic E-state index is 0.0467. The molecule has 16 heavy (non-hydrogen) atoms. The van der Waals surface area contributed by atoms with E-state index >= 15 is 0 Å². The van der Waals surface area contributed by atoms with E-state index in [-0.39, 0.29) is 11.5 Å². The smallest absolute Gasteiger partial charge is 0.171 e. The van der Waals surface area contributed by atoms with E-state index in [9.17, 15) is 5.11 Å². The van der Waals surface area contributed by atoms with E-state index in [2.05, 4.69) is 33.9 Å². The minimum atomic E-state index is -1.10. The molecule has 0 aliphatic rings. The molecule has 1 rings (SSSR count). The molecular weight excluding hydrogens is 216 g/mol. The summed E-state index contributed by atoms with van der Waals surface area (Å²) in [4.78, 5) is 0. The highest BCUT2D eigenvalue weighted by molar-refractivity contribution is 6.48. The van der Waals surface area contributed by atoms with Gasteiger partial charge >= 0.3 is 0 Å². The number of hydrogen-bond donors (Lipinski definition) is 1. The summed E-state index contributed by atoms with van der Waals surface area (Å²) in [6.07, 6.45) is 0.0614. The summed E-state index contributed by atoms with van der Waals surface area (Å²) in [5, 5.41) is 9.52. The number of rotatable bonds is 3. The molecule has 0 spiro atoms. The quantitative estimate of drug-likeness (QED) is 0.817. The number of benzene rings is 1. The topological polar surface area (TPSA) is 29.5 Å². The summed E-state index contributed by atoms with van der Waals surface area (Å²) in [5.74, 6) is 0.306. The lowest BCUT2D eigenvalue weighted by molar-refractivity contribution is 0.0864. The molecule has 0 aromatic heterocycles. The van der Waals surface area contributed by atoms with E-state index < -0.39 is 9.04 Å². The van der Waals surface area contributed by atoms with E-state index in [1.165, 1.54) is 0 Å². The zero-order valence-corrected chi connectivity index (χ0v) is 12.0. The Morgan fingerprint density at radius 3 is 2.31 bits per heavy atom. The molecule has 0 heterocycles. The SMILES string of the molecule is C[SiH](C)OC(c1cccc(O)c1)C(C)(C)C. The first kappa shape index (κ1) is 13.3. The molecule has 2 nitrogen and oxygen atoms in total. The normalized spacial score (nSPS) is 14.1. The van der Waals surface area contributed by atoms with Crippen LogP contribution >= 0.6 is 0 Å². The van der Waals surface area contributed by atoms with Crippen LogP contribution in [0.4, 0.5) is 0 Å². The summed E-state index contributed by atoms with van der Waals surface area (Å²) in [6.45, 7) is 10.8. The first-order valence-electron chi connectivity index (χ1n) is 5.75. The second-order valence-corrected chi connectivity index (χ2v) is 7.90. The fraction of sp³-hybridized carbons (Fsp3) is 0.538. The molecule has 0 radical (unpaired) electrons. The van der Waals surface area contributed by atoms with Crippen molar-refractivity contribution in [3.05, 3.63) is 29.8 Å². The van der Waals surface area contributed by atoms with Gasteiger partial charge in [0.2, 0.25) is 0 Å². The van der Waals surface area contributed by atoms with Gasteiger partial charge in [-0.25, -0.2) is 0 Å². The number of aromatic hydroxyl groups is 1. The van der Waals surface area contributed by atoms with Crippen LogP contribution in [-0.2, 0) is 4.43 Å². The molecule has 1 aromatic rings. The molecule has 0 saturated carbocycles. The molecule has 1 aromatic carbocycles. The van der Waals surface area contributed by atoms with Crippen molar-refractivity contribution in [1.29, 1.82) is 0 Å². The van der Waals surface area contributed by atoms with E-state index in [1.54, 1.807) is 12.1 Å². The Bertz CT molecular complexity index is 342. The van der Waals surface area contributed by atoms with E-state index in [4.69, 9.17) is 4.43 Å². The molecule has 3 heteroatoms. The van der Waals surface area contributed by atoms with Gasteiger partial charge in [0.15, 0.2) is 9.04 Å². The average molecular weight is 238 g/mol. The lowest BCUT2D eigenvalue weighted by Crippen LogP contribution is -2.25. The van der Waals surface area contributed by atoms with Crippen LogP contribution in [0.1, 0.15) is 32.4 Å². The Balaban J connectivity index is 3.01. The van der Waals surface area contributed by atoms with Gasteiger partial charge in [0.25, 0.3) is 0 Å². The Hall–Kier alpha value is -0.803. The Morgan fingerprint density at radius 1 is 1.25 bits per heavy atom. The average Bonchev–Trinajstić information content (AvgIpc) is 2.12. The third-order valence-electron chi connectivity index (χ3n) is 2.37. The summed E-state index contributed by atoms with van der Waals surface area (Å²) >= 11 is 0. The lowest BCUT2D eigenvalue weighted by atomic mass is 9.85. The van der Waals surface area contributed by atoms with Crippen molar-refractivity contribution in [3.63, 3.8) is 0 Å². The zero-order valence-electron chi connectivity index (χ0n) is 10.8. The van der Waals surface area contributed by atoms with Crippen LogP contribution in [0.5, 0.6) is 5.75 Å². The van der Waals surface area contributed by atoms with Crippen molar-refractivity contribution in [2.75, 3.05) is 0 Å². The fourth-order valence-electron chi connectivity index (χ4n) is 1.74. The molecule has 0 amide bonds. The standard InChI is InChI=1S/C13H22O2Si/c1-13(2,3)12(15-16(4)5)10-7-6-8-11(14)9-10/h6-9,12,14,16H,1-5H3. The third-order valence-corrected chi connectivity index (χ3v) is 3.18. The molecule has 90 valence electrons. The number of hydrogen-bond acceptors (Lipinski definition) is 2. The molecule has 0 fully saturated rings. The van der Waals surface area contributed by atoms with Gasteiger partial charge in [0.1, 0.15) is 5.75 Å². The monoisotopic (exact) mass is 238 g/mol. The van der Waals surface area contributed by atoms with Crippen molar-refractivity contribution < 1.29 is 9.53 Å². The Labute approximate surface area is 100.0 Å². The Morgan fingerprint density at radius 2 is 1.88 bits per heavy atom. The van der Waals surface area contributed by atoms with Crippen LogP contribution in [0.25, 0.3) is 0 Å². The first-order valence-corrected chi connectivity index (χ1v) is 8.53. The van der Waals surface area contributed by atoms with Gasteiger partial charge in [-0.15, -0.1) is 0 Å². The molecular formula is C13H22O2Si. The van der Waals surface area contributed by atoms with Gasteiger partial charge in [-0.3, -0.25) is 0 Å². The molecule has 0 saturated heterocycles. The summed E-state index contributed by atoms with van der Waals surface area (Å²) in [5.41, 5.74) is 1.11. The fourth-order valence-corrected chi connectivity index (χ4v) is 2.85. The number of phenolic OH excluding ortho intramolecular Hbond substituents is 1. The van der Waals surface area contributed by atoms with Crippen LogP contribution in [0.15, 0.2) is 24.3 Å². The Kier molecular flexibility index (Phi) is 4.16. The minimum Gasteiger partial charge on any atom is -0.508 e. The lowest BCUT2D eigenvalue weighted by Gasteiger charge is -2.33. The van der Waals surface area contributed by atoms with Crippen LogP contribution in [0.2, 0.25) is 13.1 Å². The highest BCUT2D eigenvalue weighted by Crippen LogP contribution is 2.37. The predicted molar refractivity (Wildman–Crippen MR) is 70.3 cm³/mol. The third kappa shape index (κ3) is 3.65. The van der Waals surface area contributed by atoms with Gasteiger partial charge in [-0.05, 0) is 36.2 Å². The maximum absolute atomic E-state index is 9.52. The van der Waals surface area contributed by atoms with Gasteiger partial charge in [-0.2, -0.15) is 0 Å². The van der Waals surface area contributed by atoms with Gasteiger partial charge in [-0.1, -0.05) is 32.9 Å². The first-order chi connectivity index (χ1) is 7.30. The molecule has 1 unspecified atom stereocenters. The van der Waals surface area contributed by atoms with Crippen molar-refractivity contribution in [2.24, 2.45) is 5.41 Å². The van der Waals surface area contributed by atoms with Crippen LogP contribution in [0, 0.1) is 5.41 Å². The van der Waals surface area contributed by atoms with Crippen molar-refractivity contribution >= 4 is 9.04 Å². The molecule has 0 aliphatic carbocycles. The molecule has 1 atom stereocenters. The van der Waals surface area contributed by atoms with Crippen LogP contribution in [-0.4, -0.2) is 14.1 Å². The van der Waals surface area contributed by atoms with E-state index in [0.29, 0.717) is 5.75 Å². The molecule has 1 N–H and O–H groups in total. The van der Waals surface area contributed by atoms with Crippen molar-refractivity contribution in [3.8, 4) is 5.75 Å². The maximum Gasteiger partial charge on any atom is 0.171 e. The highest BCUT2D eigenvalue weighted by atomic mass is 28.3. The molecule has 0 bridgehead atoms. The summed E-state index contributed by atoms with van der Waals surface area (Å²) in [7, 11) is -1.10. The predicted octanol–water partition coefficient (Wildman–Crippen LogP) is 3.48. The largest absolute Gasteiger partial charge is 0.508 e. The molecule has 0 aliphatic heterocycles. The summed E-state index contributed by atoms with van der Waals surface area (Å²) < 4.78 is 6.08. The zero-order chi connectivity index (χ0) is 12.3. The number of phenols is 1.